The lowest BCUT2D eigenvalue weighted by Crippen LogP contribution is -2.36. The predicted octanol–water partition coefficient (Wildman–Crippen LogP) is 2.56. The number of nitrogens with zero attached hydrogens (tertiary/aromatic N) is 1. The standard InChI is InChI=1S/C11H15BrN2O/c12-8-5-6-11(13-7-8)14-9-3-1-2-4-10(9)15/h5-7,9-10,15H,1-4H2,(H,13,14)/t9-,10+/m1/s1. The van der Waals surface area contributed by atoms with Gasteiger partial charge >= 0.3 is 0 Å². The van der Waals surface area contributed by atoms with E-state index in [1.807, 2.05) is 12.1 Å². The molecule has 2 N–H and O–H groups in total. The minimum absolute atomic E-state index is 0.160. The van der Waals surface area contributed by atoms with Crippen molar-refractivity contribution in [2.75, 3.05) is 5.32 Å². The van der Waals surface area contributed by atoms with Crippen LogP contribution in [0, 0.1) is 0 Å². The van der Waals surface area contributed by atoms with E-state index in [4.69, 9.17) is 0 Å². The quantitative estimate of drug-likeness (QED) is 0.869. The van der Waals surface area contributed by atoms with Crippen LogP contribution in [-0.2, 0) is 0 Å². The maximum atomic E-state index is 9.79. The molecule has 82 valence electrons. The summed E-state index contributed by atoms with van der Waals surface area (Å²) in [4.78, 5) is 4.24. The topological polar surface area (TPSA) is 45.1 Å². The molecule has 1 aliphatic rings. The number of nitrogens with one attached hydrogen (secondary N) is 1. The highest BCUT2D eigenvalue weighted by molar-refractivity contribution is 9.10. The molecule has 1 heterocycles. The Morgan fingerprint density at radius 3 is 2.80 bits per heavy atom. The van der Waals surface area contributed by atoms with E-state index in [-0.39, 0.29) is 12.1 Å². The van der Waals surface area contributed by atoms with E-state index < -0.39 is 0 Å². The Morgan fingerprint density at radius 2 is 2.13 bits per heavy atom. The van der Waals surface area contributed by atoms with Crippen molar-refractivity contribution in [1.82, 2.24) is 4.98 Å². The highest BCUT2D eigenvalue weighted by Crippen LogP contribution is 2.21. The lowest BCUT2D eigenvalue weighted by Gasteiger charge is -2.28. The second-order valence-corrected chi connectivity index (χ2v) is 4.88. The van der Waals surface area contributed by atoms with Gasteiger partial charge in [-0.2, -0.15) is 0 Å². The average molecular weight is 271 g/mol. The molecule has 1 aromatic rings. The molecular weight excluding hydrogens is 256 g/mol. The number of aliphatic hydroxyl groups excluding tert-OH is 1. The van der Waals surface area contributed by atoms with Gasteiger partial charge in [0.1, 0.15) is 5.82 Å². The van der Waals surface area contributed by atoms with Gasteiger partial charge in [-0.25, -0.2) is 4.98 Å². The van der Waals surface area contributed by atoms with Gasteiger partial charge in [0.05, 0.1) is 12.1 Å². The van der Waals surface area contributed by atoms with E-state index in [1.54, 1.807) is 6.20 Å². The highest BCUT2D eigenvalue weighted by Gasteiger charge is 2.22. The van der Waals surface area contributed by atoms with Crippen LogP contribution in [0.5, 0.6) is 0 Å². The number of hydrogen-bond acceptors (Lipinski definition) is 3. The van der Waals surface area contributed by atoms with Gasteiger partial charge in [-0.05, 0) is 40.9 Å². The first-order valence-corrected chi connectivity index (χ1v) is 6.11. The molecule has 0 spiro atoms. The van der Waals surface area contributed by atoms with Gasteiger partial charge in [0, 0.05) is 10.7 Å². The Kier molecular flexibility index (Phi) is 3.59. The minimum atomic E-state index is -0.232. The van der Waals surface area contributed by atoms with Gasteiger partial charge in [-0.3, -0.25) is 0 Å². The number of halogens is 1. The van der Waals surface area contributed by atoms with Crippen molar-refractivity contribution < 1.29 is 5.11 Å². The van der Waals surface area contributed by atoms with Crippen molar-refractivity contribution in [1.29, 1.82) is 0 Å². The molecule has 0 unspecified atom stereocenters. The summed E-state index contributed by atoms with van der Waals surface area (Å²) in [5, 5.41) is 13.1. The van der Waals surface area contributed by atoms with Gasteiger partial charge in [0.2, 0.25) is 0 Å². The molecule has 1 fully saturated rings. The number of anilines is 1. The third-order valence-corrected chi connectivity index (χ3v) is 3.26. The summed E-state index contributed by atoms with van der Waals surface area (Å²) in [6.07, 6.45) is 5.77. The Balaban J connectivity index is 1.98. The molecule has 2 rings (SSSR count). The number of aromatic nitrogens is 1. The third-order valence-electron chi connectivity index (χ3n) is 2.79. The fourth-order valence-corrected chi connectivity index (χ4v) is 2.17. The van der Waals surface area contributed by atoms with Crippen molar-refractivity contribution >= 4 is 21.7 Å². The lowest BCUT2D eigenvalue weighted by atomic mass is 9.92. The van der Waals surface area contributed by atoms with Crippen LogP contribution >= 0.6 is 15.9 Å². The summed E-state index contributed by atoms with van der Waals surface area (Å²) in [6, 6.07) is 4.03. The van der Waals surface area contributed by atoms with Gasteiger partial charge in [0.25, 0.3) is 0 Å². The Hall–Kier alpha value is -0.610. The zero-order chi connectivity index (χ0) is 10.7. The van der Waals surface area contributed by atoms with Gasteiger partial charge in [-0.15, -0.1) is 0 Å². The molecule has 0 aliphatic heterocycles. The summed E-state index contributed by atoms with van der Waals surface area (Å²) in [6.45, 7) is 0. The SMILES string of the molecule is O[C@H]1CCCC[C@H]1Nc1ccc(Br)cn1. The van der Waals surface area contributed by atoms with E-state index in [1.165, 1.54) is 6.42 Å². The van der Waals surface area contributed by atoms with Crippen LogP contribution in [0.15, 0.2) is 22.8 Å². The summed E-state index contributed by atoms with van der Waals surface area (Å²) in [5.41, 5.74) is 0. The van der Waals surface area contributed by atoms with Gasteiger partial charge < -0.3 is 10.4 Å². The van der Waals surface area contributed by atoms with E-state index in [0.29, 0.717) is 0 Å². The molecule has 1 saturated carbocycles. The normalized spacial score (nSPS) is 26.3. The zero-order valence-electron chi connectivity index (χ0n) is 8.49. The molecule has 3 nitrogen and oxygen atoms in total. The van der Waals surface area contributed by atoms with Crippen molar-refractivity contribution in [2.45, 2.75) is 37.8 Å². The molecule has 0 bridgehead atoms. The molecular formula is C11H15BrN2O. The first kappa shape index (κ1) is 10.9. The van der Waals surface area contributed by atoms with Crippen LogP contribution in [0.2, 0.25) is 0 Å². The second kappa shape index (κ2) is 4.94. The number of aliphatic hydroxyl groups is 1. The van der Waals surface area contributed by atoms with Crippen LogP contribution < -0.4 is 5.32 Å². The van der Waals surface area contributed by atoms with Crippen LogP contribution in [0.3, 0.4) is 0 Å². The number of pyridine rings is 1. The Morgan fingerprint density at radius 1 is 1.33 bits per heavy atom. The van der Waals surface area contributed by atoms with Crippen molar-refractivity contribution in [2.24, 2.45) is 0 Å². The average Bonchev–Trinajstić information content (AvgIpc) is 2.25. The molecule has 15 heavy (non-hydrogen) atoms. The maximum Gasteiger partial charge on any atom is 0.126 e. The number of rotatable bonds is 2. The van der Waals surface area contributed by atoms with Crippen LogP contribution in [0.4, 0.5) is 5.82 Å². The van der Waals surface area contributed by atoms with Crippen molar-refractivity contribution in [3.8, 4) is 0 Å². The second-order valence-electron chi connectivity index (χ2n) is 3.96. The van der Waals surface area contributed by atoms with E-state index >= 15 is 0 Å². The lowest BCUT2D eigenvalue weighted by molar-refractivity contribution is 0.116. The molecule has 4 heteroatoms. The third kappa shape index (κ3) is 2.92. The molecule has 0 amide bonds. The van der Waals surface area contributed by atoms with Crippen LogP contribution in [0.1, 0.15) is 25.7 Å². The monoisotopic (exact) mass is 270 g/mol. The van der Waals surface area contributed by atoms with Crippen LogP contribution in [-0.4, -0.2) is 22.2 Å². The first-order valence-electron chi connectivity index (χ1n) is 5.32. The highest BCUT2D eigenvalue weighted by atomic mass is 79.9. The largest absolute Gasteiger partial charge is 0.391 e. The zero-order valence-corrected chi connectivity index (χ0v) is 10.1. The first-order chi connectivity index (χ1) is 7.25. The number of hydrogen-bond donors (Lipinski definition) is 2. The molecule has 1 aliphatic carbocycles. The molecule has 1 aromatic heterocycles. The molecule has 0 radical (unpaired) electrons. The Labute approximate surface area is 98.0 Å². The van der Waals surface area contributed by atoms with E-state index in [9.17, 15) is 5.11 Å². The fraction of sp³-hybridized carbons (Fsp3) is 0.545. The van der Waals surface area contributed by atoms with Gasteiger partial charge in [-0.1, -0.05) is 12.8 Å². The fourth-order valence-electron chi connectivity index (χ4n) is 1.93. The summed E-state index contributed by atoms with van der Waals surface area (Å²) >= 11 is 3.34. The minimum Gasteiger partial charge on any atom is -0.391 e. The van der Waals surface area contributed by atoms with Gasteiger partial charge in [0.15, 0.2) is 0 Å². The van der Waals surface area contributed by atoms with E-state index in [2.05, 4.69) is 26.2 Å². The molecule has 0 saturated heterocycles. The van der Waals surface area contributed by atoms with Crippen molar-refractivity contribution in [3.05, 3.63) is 22.8 Å². The summed E-state index contributed by atoms with van der Waals surface area (Å²) in [7, 11) is 0. The Bertz CT molecular complexity index is 315. The smallest absolute Gasteiger partial charge is 0.126 e. The van der Waals surface area contributed by atoms with Crippen LogP contribution in [0.25, 0.3) is 0 Å². The predicted molar refractivity (Wildman–Crippen MR) is 63.8 cm³/mol. The summed E-state index contributed by atoms with van der Waals surface area (Å²) < 4.78 is 0.970. The summed E-state index contributed by atoms with van der Waals surface area (Å²) in [5.74, 6) is 0.837. The van der Waals surface area contributed by atoms with E-state index in [0.717, 1.165) is 29.6 Å². The van der Waals surface area contributed by atoms with Crippen molar-refractivity contribution in [3.63, 3.8) is 0 Å². The molecule has 2 atom stereocenters. The maximum absolute atomic E-state index is 9.79. The molecule has 0 aromatic carbocycles.